The van der Waals surface area contributed by atoms with Crippen LogP contribution < -0.4 is 10.6 Å². The Morgan fingerprint density at radius 3 is 2.26 bits per heavy atom. The number of carboxylic acid groups (broad SMARTS) is 1. The van der Waals surface area contributed by atoms with E-state index in [4.69, 9.17) is 4.74 Å². The molecule has 1 saturated carbocycles. The van der Waals surface area contributed by atoms with Crippen molar-refractivity contribution in [3.63, 3.8) is 0 Å². The Hall–Kier alpha value is -3.35. The number of amides is 2. The zero-order valence-corrected chi connectivity index (χ0v) is 20.3. The average Bonchev–Trinajstić information content (AvgIpc) is 3.47. The third-order valence-electron chi connectivity index (χ3n) is 7.62. The van der Waals surface area contributed by atoms with Crippen LogP contribution in [-0.2, 0) is 14.3 Å². The van der Waals surface area contributed by atoms with Crippen LogP contribution in [0.1, 0.15) is 56.6 Å². The number of fused-ring (bicyclic) bond motifs is 3. The fourth-order valence-corrected chi connectivity index (χ4v) is 5.43. The molecule has 2 amide bonds. The summed E-state index contributed by atoms with van der Waals surface area (Å²) in [4.78, 5) is 37.0. The number of carbonyl (C=O) groups excluding carboxylic acids is 2. The third kappa shape index (κ3) is 5.34. The standard InChI is InChI=1S/C28H34N2O5/c1-3-17(2)25(27(32)33)30-26(31)19-14-8-9-18(19)15-29-28(34)35-16-24-22-12-6-4-10-20(22)21-11-5-7-13-23(21)24/h4-7,10-13,17-19,24-25H,3,8-9,14-16H2,1-2H3,(H,29,34)(H,30,31)(H,32,33)/t17-,18+,19+,25-/m0/s1. The van der Waals surface area contributed by atoms with Crippen LogP contribution in [0.5, 0.6) is 0 Å². The number of benzene rings is 2. The van der Waals surface area contributed by atoms with Gasteiger partial charge in [0.15, 0.2) is 0 Å². The minimum Gasteiger partial charge on any atom is -0.480 e. The van der Waals surface area contributed by atoms with E-state index in [1.807, 2.05) is 38.1 Å². The van der Waals surface area contributed by atoms with E-state index < -0.39 is 18.1 Å². The number of hydrogen-bond donors (Lipinski definition) is 3. The molecule has 2 aliphatic rings. The van der Waals surface area contributed by atoms with Crippen molar-refractivity contribution in [1.29, 1.82) is 0 Å². The van der Waals surface area contributed by atoms with Gasteiger partial charge in [0, 0.05) is 18.4 Å². The smallest absolute Gasteiger partial charge is 0.407 e. The van der Waals surface area contributed by atoms with E-state index in [9.17, 15) is 19.5 Å². The molecule has 0 bridgehead atoms. The molecule has 2 aromatic carbocycles. The predicted molar refractivity (Wildman–Crippen MR) is 133 cm³/mol. The van der Waals surface area contributed by atoms with Crippen molar-refractivity contribution in [3.05, 3.63) is 59.7 Å². The highest BCUT2D eigenvalue weighted by atomic mass is 16.5. The molecule has 0 saturated heterocycles. The molecule has 1 fully saturated rings. The minimum atomic E-state index is -1.01. The molecular weight excluding hydrogens is 444 g/mol. The van der Waals surface area contributed by atoms with Crippen LogP contribution in [-0.4, -0.2) is 42.3 Å². The molecular formula is C28H34N2O5. The maximum atomic E-state index is 12.9. The van der Waals surface area contributed by atoms with E-state index in [-0.39, 0.29) is 36.2 Å². The number of carboxylic acids is 1. The SMILES string of the molecule is CC[C@H](C)[C@H](NC(=O)[C@@H]1CCC[C@@H]1CNC(=O)OCC1c2ccccc2-c2ccccc21)C(=O)O. The highest BCUT2D eigenvalue weighted by Crippen LogP contribution is 2.44. The third-order valence-corrected chi connectivity index (χ3v) is 7.62. The summed E-state index contributed by atoms with van der Waals surface area (Å²) in [5, 5.41) is 15.1. The van der Waals surface area contributed by atoms with Gasteiger partial charge in [-0.3, -0.25) is 4.79 Å². The average molecular weight is 479 g/mol. The van der Waals surface area contributed by atoms with E-state index in [2.05, 4.69) is 34.9 Å². The summed E-state index contributed by atoms with van der Waals surface area (Å²) in [7, 11) is 0. The van der Waals surface area contributed by atoms with Crippen molar-refractivity contribution in [3.8, 4) is 11.1 Å². The molecule has 4 atom stereocenters. The number of alkyl carbamates (subject to hydrolysis) is 1. The van der Waals surface area contributed by atoms with Gasteiger partial charge in [0.2, 0.25) is 5.91 Å². The molecule has 0 aromatic heterocycles. The summed E-state index contributed by atoms with van der Waals surface area (Å²) in [6.07, 6.45) is 2.53. The molecule has 2 aliphatic carbocycles. The number of carbonyl (C=O) groups is 3. The fraction of sp³-hybridized carbons (Fsp3) is 0.464. The second-order valence-electron chi connectivity index (χ2n) is 9.71. The van der Waals surface area contributed by atoms with E-state index in [1.54, 1.807) is 0 Å². The number of aliphatic carboxylic acids is 1. The summed E-state index contributed by atoms with van der Waals surface area (Å²) in [5.41, 5.74) is 4.66. The summed E-state index contributed by atoms with van der Waals surface area (Å²) < 4.78 is 5.61. The van der Waals surface area contributed by atoms with Gasteiger partial charge in [-0.05, 0) is 46.9 Å². The molecule has 0 aliphatic heterocycles. The Morgan fingerprint density at radius 1 is 1.03 bits per heavy atom. The molecule has 7 heteroatoms. The monoisotopic (exact) mass is 478 g/mol. The molecule has 2 aromatic rings. The zero-order chi connectivity index (χ0) is 24.9. The molecule has 35 heavy (non-hydrogen) atoms. The molecule has 7 nitrogen and oxygen atoms in total. The predicted octanol–water partition coefficient (Wildman–Crippen LogP) is 4.56. The van der Waals surface area contributed by atoms with E-state index in [0.717, 1.165) is 24.0 Å². The highest BCUT2D eigenvalue weighted by Gasteiger charge is 2.36. The summed E-state index contributed by atoms with van der Waals surface area (Å²) in [6, 6.07) is 15.5. The molecule has 4 rings (SSSR count). The van der Waals surface area contributed by atoms with Crippen LogP contribution in [0.3, 0.4) is 0 Å². The van der Waals surface area contributed by atoms with Gasteiger partial charge in [0.25, 0.3) is 0 Å². The van der Waals surface area contributed by atoms with Crippen molar-refractivity contribution in [1.82, 2.24) is 10.6 Å². The van der Waals surface area contributed by atoms with Gasteiger partial charge in [0.1, 0.15) is 12.6 Å². The first-order valence-electron chi connectivity index (χ1n) is 12.5. The van der Waals surface area contributed by atoms with Crippen LogP contribution in [0.4, 0.5) is 4.79 Å². The number of rotatable bonds is 9. The summed E-state index contributed by atoms with van der Waals surface area (Å²) in [6.45, 7) is 4.30. The Labute approximate surface area is 206 Å². The number of ether oxygens (including phenoxy) is 1. The Morgan fingerprint density at radius 2 is 1.66 bits per heavy atom. The lowest BCUT2D eigenvalue weighted by molar-refractivity contribution is -0.144. The van der Waals surface area contributed by atoms with Crippen molar-refractivity contribution < 1.29 is 24.2 Å². The van der Waals surface area contributed by atoms with Crippen LogP contribution in [0, 0.1) is 17.8 Å². The van der Waals surface area contributed by atoms with Crippen LogP contribution >= 0.6 is 0 Å². The molecule has 0 unspecified atom stereocenters. The second-order valence-corrected chi connectivity index (χ2v) is 9.71. The van der Waals surface area contributed by atoms with Gasteiger partial charge in [-0.15, -0.1) is 0 Å². The summed E-state index contributed by atoms with van der Waals surface area (Å²) >= 11 is 0. The summed E-state index contributed by atoms with van der Waals surface area (Å²) in [5.74, 6) is -1.77. The van der Waals surface area contributed by atoms with Gasteiger partial charge in [-0.1, -0.05) is 75.2 Å². The van der Waals surface area contributed by atoms with Crippen molar-refractivity contribution in [2.45, 2.75) is 51.5 Å². The largest absolute Gasteiger partial charge is 0.480 e. The van der Waals surface area contributed by atoms with Gasteiger partial charge in [-0.2, -0.15) is 0 Å². The second kappa shape index (κ2) is 10.9. The lowest BCUT2D eigenvalue weighted by Crippen LogP contribution is -2.48. The van der Waals surface area contributed by atoms with Crippen LogP contribution in [0.25, 0.3) is 11.1 Å². The van der Waals surface area contributed by atoms with Gasteiger partial charge in [0.05, 0.1) is 0 Å². The van der Waals surface area contributed by atoms with Crippen LogP contribution in [0.15, 0.2) is 48.5 Å². The normalized spacial score (nSPS) is 20.4. The Kier molecular flexibility index (Phi) is 7.73. The van der Waals surface area contributed by atoms with E-state index in [0.29, 0.717) is 19.4 Å². The molecule has 3 N–H and O–H groups in total. The quantitative estimate of drug-likeness (QED) is 0.490. The Bertz CT molecular complexity index is 1040. The van der Waals surface area contributed by atoms with Crippen molar-refractivity contribution in [2.75, 3.05) is 13.2 Å². The first-order valence-corrected chi connectivity index (χ1v) is 12.5. The fourth-order valence-electron chi connectivity index (χ4n) is 5.43. The van der Waals surface area contributed by atoms with Gasteiger partial charge < -0.3 is 20.5 Å². The van der Waals surface area contributed by atoms with E-state index >= 15 is 0 Å². The minimum absolute atomic E-state index is 0.00772. The molecule has 0 spiro atoms. The zero-order valence-electron chi connectivity index (χ0n) is 20.3. The maximum Gasteiger partial charge on any atom is 0.407 e. The number of hydrogen-bond acceptors (Lipinski definition) is 4. The topological polar surface area (TPSA) is 105 Å². The van der Waals surface area contributed by atoms with Crippen molar-refractivity contribution >= 4 is 18.0 Å². The van der Waals surface area contributed by atoms with Gasteiger partial charge in [-0.25, -0.2) is 9.59 Å². The Balaban J connectivity index is 1.31. The molecule has 0 radical (unpaired) electrons. The molecule has 186 valence electrons. The number of nitrogens with one attached hydrogen (secondary N) is 2. The highest BCUT2D eigenvalue weighted by molar-refractivity contribution is 5.85. The van der Waals surface area contributed by atoms with Crippen molar-refractivity contribution in [2.24, 2.45) is 17.8 Å². The van der Waals surface area contributed by atoms with Gasteiger partial charge >= 0.3 is 12.1 Å². The lowest BCUT2D eigenvalue weighted by atomic mass is 9.93. The first kappa shape index (κ1) is 24.8. The van der Waals surface area contributed by atoms with Crippen LogP contribution in [0.2, 0.25) is 0 Å². The lowest BCUT2D eigenvalue weighted by Gasteiger charge is -2.25. The maximum absolute atomic E-state index is 12.9. The first-order chi connectivity index (χ1) is 16.9. The molecule has 0 heterocycles. The van der Waals surface area contributed by atoms with E-state index in [1.165, 1.54) is 11.1 Å².